The van der Waals surface area contributed by atoms with Gasteiger partial charge in [0.05, 0.1) is 24.4 Å². The Hall–Kier alpha value is -2.47. The molecule has 1 saturated heterocycles. The van der Waals surface area contributed by atoms with Crippen LogP contribution in [-0.2, 0) is 11.2 Å². The van der Waals surface area contributed by atoms with Crippen molar-refractivity contribution in [3.05, 3.63) is 47.2 Å². The Kier molecular flexibility index (Phi) is 4.13. The van der Waals surface area contributed by atoms with Crippen LogP contribution in [0.3, 0.4) is 0 Å². The van der Waals surface area contributed by atoms with E-state index in [0.29, 0.717) is 6.61 Å². The molecule has 6 heteroatoms. The van der Waals surface area contributed by atoms with Gasteiger partial charge in [-0.3, -0.25) is 10.1 Å². The number of hydrogen-bond donors (Lipinski definition) is 1. The summed E-state index contributed by atoms with van der Waals surface area (Å²) >= 11 is 0. The molecule has 0 bridgehead atoms. The number of rotatable bonds is 3. The van der Waals surface area contributed by atoms with E-state index < -0.39 is 0 Å². The third kappa shape index (κ3) is 2.87. The van der Waals surface area contributed by atoms with Gasteiger partial charge >= 0.3 is 0 Å². The predicted molar refractivity (Wildman–Crippen MR) is 97.9 cm³/mol. The average molecular weight is 337 g/mol. The molecule has 0 saturated carbocycles. The Bertz CT molecular complexity index is 904. The van der Waals surface area contributed by atoms with Crippen molar-refractivity contribution < 1.29 is 4.74 Å². The van der Waals surface area contributed by atoms with Gasteiger partial charge < -0.3 is 9.64 Å². The molecule has 2 aromatic heterocycles. The molecule has 1 aromatic carbocycles. The van der Waals surface area contributed by atoms with Gasteiger partial charge in [-0.1, -0.05) is 25.1 Å². The molecule has 0 radical (unpaired) electrons. The van der Waals surface area contributed by atoms with Gasteiger partial charge in [0.2, 0.25) is 0 Å². The number of benzene rings is 1. The van der Waals surface area contributed by atoms with Crippen LogP contribution in [-0.4, -0.2) is 39.9 Å². The van der Waals surface area contributed by atoms with E-state index >= 15 is 0 Å². The van der Waals surface area contributed by atoms with Crippen LogP contribution in [0.2, 0.25) is 0 Å². The van der Waals surface area contributed by atoms with Gasteiger partial charge in [0.15, 0.2) is 5.82 Å². The number of anilines is 1. The molecule has 0 spiro atoms. The SMILES string of the molecule is CCc1c(C)nc2ccccc2c1N1CCOC(c2n[nH]c(C)n2)C1. The standard InChI is InChI=1S/C19H23N5O/c1-4-14-12(2)20-16-8-6-5-7-15(16)18(14)24-9-10-25-17(11-24)19-21-13(3)22-23-19/h5-8,17H,4,9-11H2,1-3H3,(H,21,22,23). The third-order valence-corrected chi connectivity index (χ3v) is 4.81. The van der Waals surface area contributed by atoms with Crippen molar-refractivity contribution >= 4 is 16.6 Å². The lowest BCUT2D eigenvalue weighted by atomic mass is 10.0. The summed E-state index contributed by atoms with van der Waals surface area (Å²) < 4.78 is 5.94. The second-order valence-corrected chi connectivity index (χ2v) is 6.48. The van der Waals surface area contributed by atoms with Crippen molar-refractivity contribution in [1.82, 2.24) is 20.2 Å². The maximum absolute atomic E-state index is 5.94. The van der Waals surface area contributed by atoms with Gasteiger partial charge in [-0.2, -0.15) is 5.10 Å². The lowest BCUT2D eigenvalue weighted by molar-refractivity contribution is 0.0343. The number of para-hydroxylation sites is 1. The largest absolute Gasteiger partial charge is 0.366 e. The maximum atomic E-state index is 5.94. The number of H-pyrrole nitrogens is 1. The summed E-state index contributed by atoms with van der Waals surface area (Å²) in [6.45, 7) is 8.48. The number of morpholine rings is 1. The van der Waals surface area contributed by atoms with E-state index in [0.717, 1.165) is 42.4 Å². The number of aromatic nitrogens is 4. The Morgan fingerprint density at radius 1 is 1.24 bits per heavy atom. The average Bonchev–Trinajstić information content (AvgIpc) is 3.07. The molecule has 1 aliphatic rings. The first-order chi connectivity index (χ1) is 12.2. The van der Waals surface area contributed by atoms with Crippen LogP contribution in [0.5, 0.6) is 0 Å². The van der Waals surface area contributed by atoms with E-state index in [2.05, 4.69) is 52.1 Å². The first-order valence-corrected chi connectivity index (χ1v) is 8.81. The highest BCUT2D eigenvalue weighted by Gasteiger charge is 2.28. The van der Waals surface area contributed by atoms with Crippen LogP contribution in [0, 0.1) is 13.8 Å². The van der Waals surface area contributed by atoms with Crippen molar-refractivity contribution in [1.29, 1.82) is 0 Å². The molecule has 6 nitrogen and oxygen atoms in total. The minimum atomic E-state index is -0.115. The van der Waals surface area contributed by atoms with Gasteiger partial charge in [0, 0.05) is 17.6 Å². The summed E-state index contributed by atoms with van der Waals surface area (Å²) in [7, 11) is 0. The Morgan fingerprint density at radius 2 is 2.08 bits per heavy atom. The van der Waals surface area contributed by atoms with Crippen LogP contribution in [0.15, 0.2) is 24.3 Å². The Morgan fingerprint density at radius 3 is 2.84 bits per heavy atom. The summed E-state index contributed by atoms with van der Waals surface area (Å²) in [5.41, 5.74) is 4.74. The van der Waals surface area contributed by atoms with Crippen molar-refractivity contribution in [3.63, 3.8) is 0 Å². The first kappa shape index (κ1) is 16.0. The van der Waals surface area contributed by atoms with E-state index in [4.69, 9.17) is 9.72 Å². The van der Waals surface area contributed by atoms with E-state index in [1.807, 2.05) is 13.0 Å². The van der Waals surface area contributed by atoms with Gasteiger partial charge in [-0.15, -0.1) is 0 Å². The summed E-state index contributed by atoms with van der Waals surface area (Å²) in [5.74, 6) is 1.55. The molecule has 1 N–H and O–H groups in total. The minimum absolute atomic E-state index is 0.115. The molecular weight excluding hydrogens is 314 g/mol. The molecule has 3 heterocycles. The Labute approximate surface area is 147 Å². The fourth-order valence-electron chi connectivity index (χ4n) is 3.65. The second kappa shape index (κ2) is 6.44. The molecule has 3 aromatic rings. The lowest BCUT2D eigenvalue weighted by Gasteiger charge is -2.35. The zero-order chi connectivity index (χ0) is 17.4. The number of nitrogens with one attached hydrogen (secondary N) is 1. The fraction of sp³-hybridized carbons (Fsp3) is 0.421. The molecule has 1 fully saturated rings. The van der Waals surface area contributed by atoms with Crippen LogP contribution in [0.25, 0.3) is 10.9 Å². The third-order valence-electron chi connectivity index (χ3n) is 4.81. The predicted octanol–water partition coefficient (Wildman–Crippen LogP) is 3.11. The monoisotopic (exact) mass is 337 g/mol. The number of ether oxygens (including phenoxy) is 1. The van der Waals surface area contributed by atoms with E-state index in [-0.39, 0.29) is 6.10 Å². The normalized spacial score (nSPS) is 18.0. The number of fused-ring (bicyclic) bond motifs is 1. The van der Waals surface area contributed by atoms with Gasteiger partial charge in [-0.25, -0.2) is 4.98 Å². The van der Waals surface area contributed by atoms with Gasteiger partial charge in [0.1, 0.15) is 11.9 Å². The smallest absolute Gasteiger partial charge is 0.181 e. The van der Waals surface area contributed by atoms with Crippen molar-refractivity contribution in [2.75, 3.05) is 24.6 Å². The topological polar surface area (TPSA) is 66.9 Å². The Balaban J connectivity index is 1.78. The molecule has 0 aliphatic carbocycles. The number of aromatic amines is 1. The highest BCUT2D eigenvalue weighted by atomic mass is 16.5. The summed E-state index contributed by atoms with van der Waals surface area (Å²) in [5, 5.41) is 8.41. The van der Waals surface area contributed by atoms with E-state index in [1.165, 1.54) is 16.6 Å². The van der Waals surface area contributed by atoms with Crippen LogP contribution < -0.4 is 4.90 Å². The minimum Gasteiger partial charge on any atom is -0.366 e. The summed E-state index contributed by atoms with van der Waals surface area (Å²) in [4.78, 5) is 11.7. The zero-order valence-electron chi connectivity index (χ0n) is 14.9. The second-order valence-electron chi connectivity index (χ2n) is 6.48. The first-order valence-electron chi connectivity index (χ1n) is 8.81. The maximum Gasteiger partial charge on any atom is 0.181 e. The van der Waals surface area contributed by atoms with Crippen LogP contribution in [0.1, 0.15) is 35.9 Å². The summed E-state index contributed by atoms with van der Waals surface area (Å²) in [6.07, 6.45) is 0.844. The van der Waals surface area contributed by atoms with Crippen molar-refractivity contribution in [2.45, 2.75) is 33.3 Å². The molecule has 130 valence electrons. The molecule has 0 amide bonds. The van der Waals surface area contributed by atoms with E-state index in [1.54, 1.807) is 0 Å². The van der Waals surface area contributed by atoms with Crippen molar-refractivity contribution in [3.8, 4) is 0 Å². The number of aryl methyl sites for hydroxylation is 2. The fourth-order valence-corrected chi connectivity index (χ4v) is 3.65. The highest BCUT2D eigenvalue weighted by Crippen LogP contribution is 2.34. The lowest BCUT2D eigenvalue weighted by Crippen LogP contribution is -2.39. The van der Waals surface area contributed by atoms with Crippen LogP contribution in [0.4, 0.5) is 5.69 Å². The quantitative estimate of drug-likeness (QED) is 0.795. The van der Waals surface area contributed by atoms with E-state index in [9.17, 15) is 0 Å². The number of hydrogen-bond acceptors (Lipinski definition) is 5. The summed E-state index contributed by atoms with van der Waals surface area (Å²) in [6, 6.07) is 8.38. The molecule has 1 unspecified atom stereocenters. The molecular formula is C19H23N5O. The number of pyridine rings is 1. The number of nitrogens with zero attached hydrogens (tertiary/aromatic N) is 4. The molecule has 1 atom stereocenters. The van der Waals surface area contributed by atoms with Gasteiger partial charge in [-0.05, 0) is 31.9 Å². The molecule has 4 rings (SSSR count). The highest BCUT2D eigenvalue weighted by molar-refractivity contribution is 5.94. The molecule has 25 heavy (non-hydrogen) atoms. The molecule has 1 aliphatic heterocycles. The van der Waals surface area contributed by atoms with Gasteiger partial charge in [0.25, 0.3) is 0 Å². The zero-order valence-corrected chi connectivity index (χ0v) is 14.9. The van der Waals surface area contributed by atoms with Crippen molar-refractivity contribution in [2.24, 2.45) is 0 Å². The van der Waals surface area contributed by atoms with Crippen LogP contribution >= 0.6 is 0 Å².